The van der Waals surface area contributed by atoms with E-state index in [0.29, 0.717) is 26.2 Å². The van der Waals surface area contributed by atoms with Crippen molar-refractivity contribution in [2.24, 2.45) is 0 Å². The number of morpholine rings is 1. The summed E-state index contributed by atoms with van der Waals surface area (Å²) in [4.78, 5) is 23.9. The molecular formula is C11H19NO4. The second kappa shape index (κ2) is 5.30. The molecule has 1 heterocycles. The van der Waals surface area contributed by atoms with E-state index in [4.69, 9.17) is 9.47 Å². The number of ether oxygens (including phenoxy) is 2. The zero-order valence-electron chi connectivity index (χ0n) is 10.1. The number of rotatable bonds is 2. The van der Waals surface area contributed by atoms with E-state index in [2.05, 4.69) is 0 Å². The Morgan fingerprint density at radius 3 is 2.81 bits per heavy atom. The molecule has 1 aliphatic rings. The van der Waals surface area contributed by atoms with Gasteiger partial charge in [-0.1, -0.05) is 0 Å². The number of amides is 1. The third kappa shape index (κ3) is 3.81. The third-order valence-corrected chi connectivity index (χ3v) is 2.22. The van der Waals surface area contributed by atoms with Crippen molar-refractivity contribution in [1.82, 2.24) is 4.90 Å². The fourth-order valence-corrected chi connectivity index (χ4v) is 1.52. The Morgan fingerprint density at radius 2 is 2.25 bits per heavy atom. The fraction of sp³-hybridized carbons (Fsp3) is 0.818. The van der Waals surface area contributed by atoms with Gasteiger partial charge < -0.3 is 19.2 Å². The summed E-state index contributed by atoms with van der Waals surface area (Å²) in [6.45, 7) is 6.83. The highest BCUT2D eigenvalue weighted by molar-refractivity contribution is 5.69. The Labute approximate surface area is 95.7 Å². The van der Waals surface area contributed by atoms with Gasteiger partial charge in [0.25, 0.3) is 0 Å². The van der Waals surface area contributed by atoms with Gasteiger partial charge in [-0.25, -0.2) is 4.79 Å². The Kier molecular flexibility index (Phi) is 4.29. The van der Waals surface area contributed by atoms with Gasteiger partial charge >= 0.3 is 6.09 Å². The first-order chi connectivity index (χ1) is 7.44. The molecule has 0 spiro atoms. The molecule has 92 valence electrons. The predicted octanol–water partition coefficient (Wildman–Crippen LogP) is 1.21. The minimum Gasteiger partial charge on any atom is -0.444 e. The van der Waals surface area contributed by atoms with Crippen molar-refractivity contribution in [3.8, 4) is 0 Å². The molecule has 1 rings (SSSR count). The summed E-state index contributed by atoms with van der Waals surface area (Å²) in [7, 11) is 0. The van der Waals surface area contributed by atoms with Crippen LogP contribution in [-0.2, 0) is 14.3 Å². The molecule has 5 nitrogen and oxygen atoms in total. The SMILES string of the molecule is CC(C)(C)OC(=O)N1CCOC[C@@H]1CC=O. The molecule has 0 aromatic rings. The van der Waals surface area contributed by atoms with E-state index < -0.39 is 5.60 Å². The van der Waals surface area contributed by atoms with Gasteiger partial charge in [0.05, 0.1) is 19.3 Å². The molecule has 5 heteroatoms. The second-order valence-electron chi connectivity index (χ2n) is 4.80. The molecule has 1 atom stereocenters. The first kappa shape index (κ1) is 13.0. The predicted molar refractivity (Wildman–Crippen MR) is 58.2 cm³/mol. The van der Waals surface area contributed by atoms with Gasteiger partial charge in [-0.15, -0.1) is 0 Å². The third-order valence-electron chi connectivity index (χ3n) is 2.22. The van der Waals surface area contributed by atoms with E-state index in [0.717, 1.165) is 6.29 Å². The smallest absolute Gasteiger partial charge is 0.410 e. The lowest BCUT2D eigenvalue weighted by Crippen LogP contribution is -2.50. The van der Waals surface area contributed by atoms with E-state index in [1.807, 2.05) is 20.8 Å². The quantitative estimate of drug-likeness (QED) is 0.668. The number of carbonyl (C=O) groups excluding carboxylic acids is 2. The summed E-state index contributed by atoms with van der Waals surface area (Å²) in [5.41, 5.74) is -0.513. The first-order valence-corrected chi connectivity index (χ1v) is 5.45. The van der Waals surface area contributed by atoms with Crippen molar-refractivity contribution in [1.29, 1.82) is 0 Å². The van der Waals surface area contributed by atoms with Crippen LogP contribution in [0.25, 0.3) is 0 Å². The molecule has 1 amide bonds. The van der Waals surface area contributed by atoms with Crippen LogP contribution in [0, 0.1) is 0 Å². The molecule has 0 radical (unpaired) electrons. The van der Waals surface area contributed by atoms with Gasteiger partial charge in [0.15, 0.2) is 0 Å². The van der Waals surface area contributed by atoms with E-state index in [-0.39, 0.29) is 12.1 Å². The zero-order chi connectivity index (χ0) is 12.2. The number of nitrogens with zero attached hydrogens (tertiary/aromatic N) is 1. The fourth-order valence-electron chi connectivity index (χ4n) is 1.52. The number of hydrogen-bond acceptors (Lipinski definition) is 4. The van der Waals surface area contributed by atoms with E-state index >= 15 is 0 Å². The Morgan fingerprint density at radius 1 is 1.56 bits per heavy atom. The summed E-state index contributed by atoms with van der Waals surface area (Å²) in [5.74, 6) is 0. The van der Waals surface area contributed by atoms with Crippen LogP contribution >= 0.6 is 0 Å². The van der Waals surface area contributed by atoms with Crippen molar-refractivity contribution < 1.29 is 19.1 Å². The molecule has 1 aliphatic heterocycles. The van der Waals surface area contributed by atoms with Crippen LogP contribution in [0.2, 0.25) is 0 Å². The highest BCUT2D eigenvalue weighted by Gasteiger charge is 2.30. The molecule has 0 saturated carbocycles. The van der Waals surface area contributed by atoms with Gasteiger partial charge in [-0.05, 0) is 20.8 Å². The molecule has 0 N–H and O–H groups in total. The van der Waals surface area contributed by atoms with E-state index in [1.165, 1.54) is 0 Å². The maximum absolute atomic E-state index is 11.8. The largest absolute Gasteiger partial charge is 0.444 e. The Balaban J connectivity index is 2.60. The molecule has 0 aromatic carbocycles. The van der Waals surface area contributed by atoms with Crippen molar-refractivity contribution in [2.45, 2.75) is 38.8 Å². The van der Waals surface area contributed by atoms with Crippen LogP contribution in [0.15, 0.2) is 0 Å². The summed E-state index contributed by atoms with van der Waals surface area (Å²) in [6.07, 6.45) is 0.721. The van der Waals surface area contributed by atoms with Gasteiger partial charge in [-0.3, -0.25) is 0 Å². The van der Waals surface area contributed by atoms with Gasteiger partial charge in [0, 0.05) is 13.0 Å². The standard InChI is InChI=1S/C11H19NO4/c1-11(2,3)16-10(14)12-5-7-15-8-9(12)4-6-13/h6,9H,4-5,7-8H2,1-3H3/t9-/m0/s1. The van der Waals surface area contributed by atoms with Crippen LogP contribution < -0.4 is 0 Å². The normalized spacial score (nSPS) is 21.7. The molecule has 0 aromatic heterocycles. The molecule has 0 bridgehead atoms. The Bertz CT molecular complexity index is 259. The van der Waals surface area contributed by atoms with Crippen LogP contribution in [0.1, 0.15) is 27.2 Å². The molecule has 16 heavy (non-hydrogen) atoms. The Hall–Kier alpha value is -1.10. The summed E-state index contributed by atoms with van der Waals surface area (Å²) in [6, 6.07) is -0.193. The van der Waals surface area contributed by atoms with Crippen molar-refractivity contribution in [3.05, 3.63) is 0 Å². The lowest BCUT2D eigenvalue weighted by atomic mass is 10.2. The van der Waals surface area contributed by atoms with Gasteiger partial charge in [-0.2, -0.15) is 0 Å². The summed E-state index contributed by atoms with van der Waals surface area (Å²) >= 11 is 0. The number of hydrogen-bond donors (Lipinski definition) is 0. The monoisotopic (exact) mass is 229 g/mol. The van der Waals surface area contributed by atoms with E-state index in [1.54, 1.807) is 4.90 Å². The average molecular weight is 229 g/mol. The lowest BCUT2D eigenvalue weighted by Gasteiger charge is -2.35. The molecule has 1 fully saturated rings. The maximum Gasteiger partial charge on any atom is 0.410 e. The van der Waals surface area contributed by atoms with Gasteiger partial charge in [0.1, 0.15) is 11.9 Å². The first-order valence-electron chi connectivity index (χ1n) is 5.45. The minimum absolute atomic E-state index is 0.193. The van der Waals surface area contributed by atoms with Crippen molar-refractivity contribution in [2.75, 3.05) is 19.8 Å². The molecule has 1 saturated heterocycles. The van der Waals surface area contributed by atoms with Crippen molar-refractivity contribution >= 4 is 12.4 Å². The van der Waals surface area contributed by atoms with Crippen LogP contribution in [0.5, 0.6) is 0 Å². The minimum atomic E-state index is -0.513. The zero-order valence-corrected chi connectivity index (χ0v) is 10.1. The topological polar surface area (TPSA) is 55.8 Å². The molecule has 0 aliphatic carbocycles. The lowest BCUT2D eigenvalue weighted by molar-refractivity contribution is -0.110. The number of aldehydes is 1. The molecule has 0 unspecified atom stereocenters. The highest BCUT2D eigenvalue weighted by atomic mass is 16.6. The average Bonchev–Trinajstić information content (AvgIpc) is 2.16. The second-order valence-corrected chi connectivity index (χ2v) is 4.80. The van der Waals surface area contributed by atoms with Crippen molar-refractivity contribution in [3.63, 3.8) is 0 Å². The van der Waals surface area contributed by atoms with E-state index in [9.17, 15) is 9.59 Å². The number of carbonyl (C=O) groups is 2. The molecular weight excluding hydrogens is 210 g/mol. The summed E-state index contributed by atoms with van der Waals surface area (Å²) < 4.78 is 10.5. The van der Waals surface area contributed by atoms with Gasteiger partial charge in [0.2, 0.25) is 0 Å². The highest BCUT2D eigenvalue weighted by Crippen LogP contribution is 2.15. The maximum atomic E-state index is 11.8. The van der Waals surface area contributed by atoms with Crippen LogP contribution in [0.4, 0.5) is 4.79 Å². The van der Waals surface area contributed by atoms with Crippen LogP contribution in [-0.4, -0.2) is 48.7 Å². The van der Waals surface area contributed by atoms with Crippen LogP contribution in [0.3, 0.4) is 0 Å². The summed E-state index contributed by atoms with van der Waals surface area (Å²) in [5, 5.41) is 0.